The van der Waals surface area contributed by atoms with Crippen molar-refractivity contribution >= 4 is 23.1 Å². The molecule has 26 heavy (non-hydrogen) atoms. The number of carbonyl (C=O) groups excluding carboxylic acids is 1. The van der Waals surface area contributed by atoms with Gasteiger partial charge < -0.3 is 19.9 Å². The Morgan fingerprint density at radius 3 is 2.73 bits per heavy atom. The van der Waals surface area contributed by atoms with Crippen molar-refractivity contribution in [2.45, 2.75) is 26.9 Å². The van der Waals surface area contributed by atoms with Crippen molar-refractivity contribution in [2.75, 3.05) is 10.6 Å². The third-order valence-electron chi connectivity index (χ3n) is 3.40. The molecule has 1 aromatic carbocycles. The number of pyridine rings is 1. The molecule has 0 saturated carbocycles. The first-order valence-electron chi connectivity index (χ1n) is 8.23. The van der Waals surface area contributed by atoms with E-state index in [-0.39, 0.29) is 12.0 Å². The minimum absolute atomic E-state index is 0.00756. The van der Waals surface area contributed by atoms with Crippen LogP contribution in [0.15, 0.2) is 53.3 Å². The van der Waals surface area contributed by atoms with Crippen molar-refractivity contribution in [1.29, 1.82) is 0 Å². The summed E-state index contributed by atoms with van der Waals surface area (Å²) in [5, 5.41) is 9.77. The number of hydrogen-bond acceptors (Lipinski definition) is 6. The maximum absolute atomic E-state index is 12.6. The lowest BCUT2D eigenvalue weighted by Gasteiger charge is -2.15. The summed E-state index contributed by atoms with van der Waals surface area (Å²) in [7, 11) is 0. The molecule has 3 aromatic rings. The van der Waals surface area contributed by atoms with Crippen LogP contribution in [-0.4, -0.2) is 22.2 Å². The maximum Gasteiger partial charge on any atom is 0.257 e. The van der Waals surface area contributed by atoms with Crippen LogP contribution in [0.25, 0.3) is 0 Å². The third kappa shape index (κ3) is 4.38. The zero-order valence-corrected chi connectivity index (χ0v) is 14.8. The summed E-state index contributed by atoms with van der Waals surface area (Å²) in [6, 6.07) is 10.8. The molecule has 2 heterocycles. The number of anilines is 3. The van der Waals surface area contributed by atoms with E-state index in [1.165, 1.54) is 6.20 Å². The van der Waals surface area contributed by atoms with E-state index in [0.29, 0.717) is 34.3 Å². The molecule has 0 radical (unpaired) electrons. The molecule has 7 heteroatoms. The van der Waals surface area contributed by atoms with Gasteiger partial charge in [0.1, 0.15) is 11.5 Å². The molecular weight excluding hydrogens is 332 g/mol. The highest BCUT2D eigenvalue weighted by molar-refractivity contribution is 6.05. The largest absolute Gasteiger partial charge is 0.489 e. The number of rotatable bonds is 6. The Balaban J connectivity index is 1.75. The molecular formula is C19H20N4O3. The van der Waals surface area contributed by atoms with Gasteiger partial charge in [0.15, 0.2) is 5.82 Å². The van der Waals surface area contributed by atoms with E-state index in [9.17, 15) is 4.79 Å². The van der Waals surface area contributed by atoms with Crippen LogP contribution in [0.1, 0.15) is 30.0 Å². The maximum atomic E-state index is 12.6. The van der Waals surface area contributed by atoms with Crippen molar-refractivity contribution < 1.29 is 14.1 Å². The molecule has 0 aliphatic heterocycles. The van der Waals surface area contributed by atoms with E-state index < -0.39 is 0 Å². The van der Waals surface area contributed by atoms with Gasteiger partial charge in [-0.2, -0.15) is 0 Å². The lowest BCUT2D eigenvalue weighted by atomic mass is 10.2. The van der Waals surface area contributed by atoms with E-state index >= 15 is 0 Å². The van der Waals surface area contributed by atoms with E-state index in [1.54, 1.807) is 31.3 Å². The zero-order valence-electron chi connectivity index (χ0n) is 14.8. The van der Waals surface area contributed by atoms with Crippen molar-refractivity contribution in [1.82, 2.24) is 10.1 Å². The van der Waals surface area contributed by atoms with Crippen LogP contribution in [0.4, 0.5) is 17.2 Å². The van der Waals surface area contributed by atoms with Crippen molar-refractivity contribution in [3.05, 3.63) is 60.1 Å². The third-order valence-corrected chi connectivity index (χ3v) is 3.40. The molecule has 2 aromatic heterocycles. The van der Waals surface area contributed by atoms with Gasteiger partial charge in [-0.3, -0.25) is 9.78 Å². The number of nitrogens with one attached hydrogen (secondary N) is 2. The fraction of sp³-hybridized carbons (Fsp3) is 0.211. The molecule has 0 aliphatic carbocycles. The van der Waals surface area contributed by atoms with Gasteiger partial charge in [-0.1, -0.05) is 17.3 Å². The average molecular weight is 352 g/mol. The summed E-state index contributed by atoms with van der Waals surface area (Å²) in [4.78, 5) is 16.7. The van der Waals surface area contributed by atoms with Gasteiger partial charge in [0.05, 0.1) is 29.2 Å². The van der Waals surface area contributed by atoms with E-state index in [2.05, 4.69) is 20.8 Å². The van der Waals surface area contributed by atoms with Crippen LogP contribution in [0.2, 0.25) is 0 Å². The van der Waals surface area contributed by atoms with E-state index in [1.807, 2.05) is 32.0 Å². The average Bonchev–Trinajstić information content (AvgIpc) is 3.01. The Kier molecular flexibility index (Phi) is 5.17. The molecule has 0 unspecified atom stereocenters. The minimum Gasteiger partial charge on any atom is -0.489 e. The Bertz CT molecular complexity index is 905. The molecule has 134 valence electrons. The first-order valence-corrected chi connectivity index (χ1v) is 8.23. The lowest BCUT2D eigenvalue weighted by Crippen LogP contribution is -2.15. The fourth-order valence-electron chi connectivity index (χ4n) is 2.33. The number of ether oxygens (including phenoxy) is 1. The summed E-state index contributed by atoms with van der Waals surface area (Å²) in [6.45, 7) is 5.67. The molecule has 0 saturated heterocycles. The number of nitrogens with zero attached hydrogens (tertiary/aromatic N) is 2. The fourth-order valence-corrected chi connectivity index (χ4v) is 2.33. The molecule has 7 nitrogen and oxygen atoms in total. The zero-order chi connectivity index (χ0) is 18.5. The van der Waals surface area contributed by atoms with Gasteiger partial charge in [-0.25, -0.2) is 0 Å². The van der Waals surface area contributed by atoms with Crippen molar-refractivity contribution in [3.63, 3.8) is 0 Å². The molecule has 1 amide bonds. The molecule has 2 N–H and O–H groups in total. The van der Waals surface area contributed by atoms with Gasteiger partial charge in [0.25, 0.3) is 5.91 Å². The number of benzene rings is 1. The molecule has 0 bridgehead atoms. The predicted molar refractivity (Wildman–Crippen MR) is 98.9 cm³/mol. The Morgan fingerprint density at radius 2 is 2.00 bits per heavy atom. The highest BCUT2D eigenvalue weighted by Crippen LogP contribution is 2.25. The number of aromatic nitrogens is 2. The summed E-state index contributed by atoms with van der Waals surface area (Å²) >= 11 is 0. The SMILES string of the molecule is Cc1cc(Nc2cncc(C(=O)Nc3ccccc3OC(C)C)c2)no1. The number of carbonyl (C=O) groups is 1. The summed E-state index contributed by atoms with van der Waals surface area (Å²) in [5.74, 6) is 1.59. The van der Waals surface area contributed by atoms with Crippen molar-refractivity contribution in [2.24, 2.45) is 0 Å². The molecule has 0 fully saturated rings. The highest BCUT2D eigenvalue weighted by Gasteiger charge is 2.12. The normalized spacial score (nSPS) is 10.6. The Hall–Kier alpha value is -3.35. The van der Waals surface area contributed by atoms with Crippen molar-refractivity contribution in [3.8, 4) is 5.75 Å². The first kappa shape index (κ1) is 17.5. The van der Waals surface area contributed by atoms with Crippen LogP contribution >= 0.6 is 0 Å². The Morgan fingerprint density at radius 1 is 1.19 bits per heavy atom. The quantitative estimate of drug-likeness (QED) is 0.692. The van der Waals surface area contributed by atoms with E-state index in [0.717, 1.165) is 0 Å². The summed E-state index contributed by atoms with van der Waals surface area (Å²) < 4.78 is 10.7. The first-order chi connectivity index (χ1) is 12.5. The molecule has 3 rings (SSSR count). The van der Waals surface area contributed by atoms with Gasteiger partial charge in [-0.05, 0) is 39.0 Å². The van der Waals surface area contributed by atoms with Crippen LogP contribution in [0.5, 0.6) is 5.75 Å². The van der Waals surface area contributed by atoms with E-state index in [4.69, 9.17) is 9.26 Å². The molecule has 0 aliphatic rings. The van der Waals surface area contributed by atoms with Gasteiger partial charge in [0.2, 0.25) is 0 Å². The van der Waals surface area contributed by atoms with Gasteiger partial charge in [-0.15, -0.1) is 0 Å². The monoisotopic (exact) mass is 352 g/mol. The summed E-state index contributed by atoms with van der Waals surface area (Å²) in [5.41, 5.74) is 1.66. The van der Waals surface area contributed by atoms with Gasteiger partial charge >= 0.3 is 0 Å². The lowest BCUT2D eigenvalue weighted by molar-refractivity contribution is 0.102. The van der Waals surface area contributed by atoms with Gasteiger partial charge in [0, 0.05) is 12.3 Å². The topological polar surface area (TPSA) is 89.3 Å². The van der Waals surface area contributed by atoms with Crippen LogP contribution < -0.4 is 15.4 Å². The second kappa shape index (κ2) is 7.69. The smallest absolute Gasteiger partial charge is 0.257 e. The standard InChI is InChI=1S/C19H20N4O3/c1-12(2)25-17-7-5-4-6-16(17)22-19(24)14-9-15(11-20-10-14)21-18-8-13(3)26-23-18/h4-12H,1-3H3,(H,21,23)(H,22,24). The molecule has 0 spiro atoms. The van der Waals surface area contributed by atoms with Crippen LogP contribution in [0, 0.1) is 6.92 Å². The predicted octanol–water partition coefficient (Wildman–Crippen LogP) is 4.16. The van der Waals surface area contributed by atoms with Crippen LogP contribution in [-0.2, 0) is 0 Å². The van der Waals surface area contributed by atoms with Crippen LogP contribution in [0.3, 0.4) is 0 Å². The minimum atomic E-state index is -0.280. The molecule has 0 atom stereocenters. The second-order valence-corrected chi connectivity index (χ2v) is 6.03. The number of para-hydroxylation sites is 2. The summed E-state index contributed by atoms with van der Waals surface area (Å²) in [6.07, 6.45) is 3.12. The number of amides is 1. The number of hydrogen-bond donors (Lipinski definition) is 2. The highest BCUT2D eigenvalue weighted by atomic mass is 16.5. The second-order valence-electron chi connectivity index (χ2n) is 6.03. The Labute approximate surface area is 151 Å². The number of aryl methyl sites for hydroxylation is 1.